The minimum atomic E-state index is -0.674. The van der Waals surface area contributed by atoms with E-state index in [0.717, 1.165) is 19.3 Å². The minimum absolute atomic E-state index is 0.0226. The first kappa shape index (κ1) is 16.1. The van der Waals surface area contributed by atoms with Crippen molar-refractivity contribution in [1.82, 2.24) is 0 Å². The van der Waals surface area contributed by atoms with Crippen LogP contribution < -0.4 is 26.8 Å². The van der Waals surface area contributed by atoms with Gasteiger partial charge < -0.3 is 26.8 Å². The number of benzene rings is 1. The smallest absolute Gasteiger partial charge is 0.316 e. The van der Waals surface area contributed by atoms with Gasteiger partial charge in [-0.2, -0.15) is 0 Å². The van der Waals surface area contributed by atoms with Gasteiger partial charge >= 0.3 is 6.03 Å². The van der Waals surface area contributed by atoms with E-state index in [0.29, 0.717) is 23.7 Å². The number of nitrogens with one attached hydrogen (secondary N) is 2. The van der Waals surface area contributed by atoms with Crippen molar-refractivity contribution in [2.75, 3.05) is 24.3 Å². The molecule has 1 aromatic rings. The van der Waals surface area contributed by atoms with Crippen molar-refractivity contribution in [2.45, 2.75) is 19.3 Å². The number of carbonyl (C=O) groups is 2. The van der Waals surface area contributed by atoms with E-state index in [1.165, 1.54) is 7.11 Å². The normalized spacial score (nSPS) is 20.5. The Morgan fingerprint density at radius 1 is 1.32 bits per heavy atom. The summed E-state index contributed by atoms with van der Waals surface area (Å²) in [4.78, 5) is 23.3. The number of ether oxygens (including phenoxy) is 1. The molecule has 2 atom stereocenters. The summed E-state index contributed by atoms with van der Waals surface area (Å²) in [6, 6.07) is 4.30. The first-order valence-corrected chi connectivity index (χ1v) is 7.30. The van der Waals surface area contributed by atoms with Gasteiger partial charge in [-0.3, -0.25) is 4.79 Å². The Labute approximate surface area is 129 Å². The van der Waals surface area contributed by atoms with Crippen LogP contribution in [-0.4, -0.2) is 25.6 Å². The quantitative estimate of drug-likeness (QED) is 0.659. The molecule has 1 fully saturated rings. The maximum atomic E-state index is 12.3. The number of primary amides is 1. The summed E-state index contributed by atoms with van der Waals surface area (Å²) in [5.74, 6) is 0.612. The first-order chi connectivity index (χ1) is 10.5. The molecule has 0 saturated heterocycles. The van der Waals surface area contributed by atoms with Crippen LogP contribution in [0.5, 0.6) is 5.75 Å². The molecule has 0 unspecified atom stereocenters. The Bertz CT molecular complexity index is 562. The van der Waals surface area contributed by atoms with Gasteiger partial charge in [0.25, 0.3) is 0 Å². The lowest BCUT2D eigenvalue weighted by Gasteiger charge is -2.18. The molecule has 0 heterocycles. The SMILES string of the molecule is COc1cc(NC(=O)[C@@H]2CCC[C@@H]2CN)ccc1NC(N)=O. The van der Waals surface area contributed by atoms with Crippen molar-refractivity contribution < 1.29 is 14.3 Å². The Balaban J connectivity index is 2.09. The molecule has 7 heteroatoms. The van der Waals surface area contributed by atoms with Crippen molar-refractivity contribution >= 4 is 23.3 Å². The molecule has 120 valence electrons. The number of hydrogen-bond acceptors (Lipinski definition) is 4. The van der Waals surface area contributed by atoms with Crippen molar-refractivity contribution in [2.24, 2.45) is 23.3 Å². The molecule has 0 radical (unpaired) electrons. The van der Waals surface area contributed by atoms with Crippen LogP contribution in [0.15, 0.2) is 18.2 Å². The lowest BCUT2D eigenvalue weighted by atomic mass is 9.95. The van der Waals surface area contributed by atoms with E-state index < -0.39 is 6.03 Å². The highest BCUT2D eigenvalue weighted by Crippen LogP contribution is 2.33. The van der Waals surface area contributed by atoms with Gasteiger partial charge in [0.1, 0.15) is 5.75 Å². The predicted octanol–water partition coefficient (Wildman–Crippen LogP) is 1.50. The molecular weight excluding hydrogens is 284 g/mol. The number of nitrogens with two attached hydrogens (primary N) is 2. The van der Waals surface area contributed by atoms with Gasteiger partial charge in [-0.25, -0.2) is 4.79 Å². The molecule has 6 N–H and O–H groups in total. The molecule has 0 spiro atoms. The second-order valence-electron chi connectivity index (χ2n) is 5.43. The fourth-order valence-electron chi connectivity index (χ4n) is 2.90. The number of anilines is 2. The topological polar surface area (TPSA) is 119 Å². The fourth-order valence-corrected chi connectivity index (χ4v) is 2.90. The van der Waals surface area contributed by atoms with E-state index in [1.54, 1.807) is 18.2 Å². The van der Waals surface area contributed by atoms with E-state index in [1.807, 2.05) is 0 Å². The van der Waals surface area contributed by atoms with E-state index >= 15 is 0 Å². The van der Waals surface area contributed by atoms with Gasteiger partial charge in [0.15, 0.2) is 0 Å². The molecule has 7 nitrogen and oxygen atoms in total. The van der Waals surface area contributed by atoms with Crippen molar-refractivity contribution in [3.63, 3.8) is 0 Å². The summed E-state index contributed by atoms with van der Waals surface area (Å²) in [6.45, 7) is 0.531. The van der Waals surface area contributed by atoms with Gasteiger partial charge in [-0.05, 0) is 37.4 Å². The van der Waals surface area contributed by atoms with Crippen LogP contribution in [0.25, 0.3) is 0 Å². The zero-order valence-corrected chi connectivity index (χ0v) is 12.6. The third kappa shape index (κ3) is 3.67. The zero-order chi connectivity index (χ0) is 16.1. The summed E-state index contributed by atoms with van der Waals surface area (Å²) in [5, 5.41) is 5.35. The summed E-state index contributed by atoms with van der Waals surface area (Å²) < 4.78 is 5.19. The average molecular weight is 306 g/mol. The van der Waals surface area contributed by atoms with Gasteiger partial charge in [-0.1, -0.05) is 6.42 Å². The predicted molar refractivity (Wildman–Crippen MR) is 84.7 cm³/mol. The maximum absolute atomic E-state index is 12.3. The van der Waals surface area contributed by atoms with Crippen molar-refractivity contribution in [3.05, 3.63) is 18.2 Å². The van der Waals surface area contributed by atoms with Gasteiger partial charge in [0, 0.05) is 17.7 Å². The third-order valence-corrected chi connectivity index (χ3v) is 4.03. The Morgan fingerprint density at radius 2 is 2.09 bits per heavy atom. The number of carbonyl (C=O) groups excluding carboxylic acids is 2. The van der Waals surface area contributed by atoms with Crippen LogP contribution in [0.4, 0.5) is 16.2 Å². The molecule has 1 aliphatic rings. The van der Waals surface area contributed by atoms with Crippen LogP contribution >= 0.6 is 0 Å². The highest BCUT2D eigenvalue weighted by molar-refractivity contribution is 5.94. The molecule has 0 aromatic heterocycles. The second-order valence-corrected chi connectivity index (χ2v) is 5.43. The van der Waals surface area contributed by atoms with E-state index in [2.05, 4.69) is 10.6 Å². The molecular formula is C15H22N4O3. The average Bonchev–Trinajstić information content (AvgIpc) is 2.96. The molecule has 1 aliphatic carbocycles. The van der Waals surface area contributed by atoms with E-state index in [9.17, 15) is 9.59 Å². The highest BCUT2D eigenvalue weighted by Gasteiger charge is 2.31. The Kier molecular flexibility index (Phi) is 5.21. The lowest BCUT2D eigenvalue weighted by molar-refractivity contribution is -0.120. The van der Waals surface area contributed by atoms with E-state index in [-0.39, 0.29) is 17.7 Å². The van der Waals surface area contributed by atoms with Crippen molar-refractivity contribution in [1.29, 1.82) is 0 Å². The van der Waals surface area contributed by atoms with Gasteiger partial charge in [0.05, 0.1) is 12.8 Å². The molecule has 2 rings (SSSR count). The summed E-state index contributed by atoms with van der Waals surface area (Å²) in [7, 11) is 1.48. The van der Waals surface area contributed by atoms with Crippen molar-refractivity contribution in [3.8, 4) is 5.75 Å². The van der Waals surface area contributed by atoms with Crippen LogP contribution in [0.1, 0.15) is 19.3 Å². The van der Waals surface area contributed by atoms with E-state index in [4.69, 9.17) is 16.2 Å². The largest absolute Gasteiger partial charge is 0.494 e. The minimum Gasteiger partial charge on any atom is -0.494 e. The van der Waals surface area contributed by atoms with Crippen LogP contribution in [-0.2, 0) is 4.79 Å². The monoisotopic (exact) mass is 306 g/mol. The first-order valence-electron chi connectivity index (χ1n) is 7.30. The molecule has 1 aromatic carbocycles. The molecule has 0 bridgehead atoms. The molecule has 22 heavy (non-hydrogen) atoms. The summed E-state index contributed by atoms with van der Waals surface area (Å²) in [5.41, 5.74) is 11.9. The van der Waals surface area contributed by atoms with Crippen LogP contribution in [0.3, 0.4) is 0 Å². The second kappa shape index (κ2) is 7.13. The third-order valence-electron chi connectivity index (χ3n) is 4.03. The summed E-state index contributed by atoms with van der Waals surface area (Å²) in [6.07, 6.45) is 2.90. The van der Waals surface area contributed by atoms with Crippen LogP contribution in [0.2, 0.25) is 0 Å². The fraction of sp³-hybridized carbons (Fsp3) is 0.467. The number of urea groups is 1. The lowest BCUT2D eigenvalue weighted by Crippen LogP contribution is -2.29. The number of hydrogen-bond donors (Lipinski definition) is 4. The number of amides is 3. The number of rotatable bonds is 5. The highest BCUT2D eigenvalue weighted by atomic mass is 16.5. The molecule has 3 amide bonds. The Morgan fingerprint density at radius 3 is 2.73 bits per heavy atom. The standard InChI is InChI=1S/C15H22N4O3/c1-22-13-7-10(5-6-12(13)19-15(17)21)18-14(20)11-4-2-3-9(11)8-16/h5-7,9,11H,2-4,8,16H2,1H3,(H,18,20)(H3,17,19,21)/t9-,11-/m1/s1. The number of methoxy groups -OCH3 is 1. The maximum Gasteiger partial charge on any atom is 0.316 e. The van der Waals surface area contributed by atoms with Gasteiger partial charge in [-0.15, -0.1) is 0 Å². The van der Waals surface area contributed by atoms with Crippen LogP contribution in [0, 0.1) is 11.8 Å². The van der Waals surface area contributed by atoms with Gasteiger partial charge in [0.2, 0.25) is 5.91 Å². The zero-order valence-electron chi connectivity index (χ0n) is 12.6. The Hall–Kier alpha value is -2.28. The molecule has 0 aliphatic heterocycles. The molecule has 1 saturated carbocycles. The summed E-state index contributed by atoms with van der Waals surface area (Å²) >= 11 is 0.